The van der Waals surface area contributed by atoms with E-state index in [4.69, 9.17) is 4.74 Å². The lowest BCUT2D eigenvalue weighted by Crippen LogP contribution is -2.16. The average Bonchev–Trinajstić information content (AvgIpc) is 2.13. The summed E-state index contributed by atoms with van der Waals surface area (Å²) < 4.78 is 5.21. The maximum absolute atomic E-state index is 11.3. The Labute approximate surface area is 87.3 Å². The topological polar surface area (TPSA) is 26.3 Å². The van der Waals surface area contributed by atoms with E-state index in [-0.39, 0.29) is 12.1 Å². The van der Waals surface area contributed by atoms with Crippen LogP contribution in [0, 0.1) is 5.92 Å². The van der Waals surface area contributed by atoms with Crippen molar-refractivity contribution in [2.45, 2.75) is 53.1 Å². The molecule has 0 aromatic heterocycles. The van der Waals surface area contributed by atoms with Gasteiger partial charge in [0.05, 0.1) is 6.10 Å². The second-order valence-corrected chi connectivity index (χ2v) is 4.14. The smallest absolute Gasteiger partial charge is 0.333 e. The van der Waals surface area contributed by atoms with Gasteiger partial charge in [0.2, 0.25) is 0 Å². The Morgan fingerprint density at radius 2 is 1.86 bits per heavy atom. The molecule has 0 fully saturated rings. The molecule has 0 aromatic carbocycles. The van der Waals surface area contributed by atoms with Crippen LogP contribution in [0.25, 0.3) is 0 Å². The van der Waals surface area contributed by atoms with Crippen LogP contribution < -0.4 is 0 Å². The summed E-state index contributed by atoms with van der Waals surface area (Å²) >= 11 is 0. The number of esters is 1. The SMILES string of the molecule is C=C(CC)C(=O)OC(C)CCC(C)C. The van der Waals surface area contributed by atoms with E-state index in [0.29, 0.717) is 17.9 Å². The Balaban J connectivity index is 3.76. The van der Waals surface area contributed by atoms with Crippen molar-refractivity contribution in [1.82, 2.24) is 0 Å². The van der Waals surface area contributed by atoms with Crippen LogP contribution in [0.3, 0.4) is 0 Å². The van der Waals surface area contributed by atoms with Crippen LogP contribution in [0.5, 0.6) is 0 Å². The molecule has 0 N–H and O–H groups in total. The minimum Gasteiger partial charge on any atom is -0.459 e. The zero-order valence-electron chi connectivity index (χ0n) is 9.80. The molecule has 2 nitrogen and oxygen atoms in total. The second kappa shape index (κ2) is 6.63. The van der Waals surface area contributed by atoms with E-state index in [0.717, 1.165) is 12.8 Å². The van der Waals surface area contributed by atoms with Gasteiger partial charge in [0.15, 0.2) is 0 Å². The third kappa shape index (κ3) is 5.79. The molecule has 0 aliphatic rings. The fraction of sp³-hybridized carbons (Fsp3) is 0.750. The van der Waals surface area contributed by atoms with Crippen molar-refractivity contribution < 1.29 is 9.53 Å². The Morgan fingerprint density at radius 1 is 1.29 bits per heavy atom. The standard InChI is InChI=1S/C12H22O2/c1-6-10(4)12(13)14-11(5)8-7-9(2)3/h9,11H,4,6-8H2,1-3,5H3. The summed E-state index contributed by atoms with van der Waals surface area (Å²) in [4.78, 5) is 11.3. The first kappa shape index (κ1) is 13.2. The lowest BCUT2D eigenvalue weighted by Gasteiger charge is -2.14. The maximum Gasteiger partial charge on any atom is 0.333 e. The molecular weight excluding hydrogens is 176 g/mol. The molecule has 0 amide bonds. The Hall–Kier alpha value is -0.790. The van der Waals surface area contributed by atoms with E-state index in [2.05, 4.69) is 20.4 Å². The molecule has 2 heteroatoms. The number of rotatable bonds is 6. The first-order valence-electron chi connectivity index (χ1n) is 5.36. The number of hydrogen-bond donors (Lipinski definition) is 0. The number of ether oxygens (including phenoxy) is 1. The maximum atomic E-state index is 11.3. The van der Waals surface area contributed by atoms with Crippen LogP contribution in [-0.2, 0) is 9.53 Å². The Kier molecular flexibility index (Phi) is 6.26. The molecule has 0 aliphatic carbocycles. The lowest BCUT2D eigenvalue weighted by atomic mass is 10.1. The van der Waals surface area contributed by atoms with Gasteiger partial charge < -0.3 is 4.74 Å². The summed E-state index contributed by atoms with van der Waals surface area (Å²) in [6.07, 6.45) is 2.69. The molecular formula is C12H22O2. The van der Waals surface area contributed by atoms with Crippen molar-refractivity contribution in [3.63, 3.8) is 0 Å². The molecule has 82 valence electrons. The van der Waals surface area contributed by atoms with E-state index < -0.39 is 0 Å². The quantitative estimate of drug-likeness (QED) is 0.483. The largest absolute Gasteiger partial charge is 0.459 e. The van der Waals surface area contributed by atoms with Gasteiger partial charge in [-0.1, -0.05) is 27.4 Å². The van der Waals surface area contributed by atoms with Crippen molar-refractivity contribution in [3.05, 3.63) is 12.2 Å². The van der Waals surface area contributed by atoms with Crippen LogP contribution >= 0.6 is 0 Å². The van der Waals surface area contributed by atoms with Crippen molar-refractivity contribution >= 4 is 5.97 Å². The molecule has 0 saturated heterocycles. The van der Waals surface area contributed by atoms with E-state index in [1.54, 1.807) is 0 Å². The molecule has 1 atom stereocenters. The van der Waals surface area contributed by atoms with Gasteiger partial charge in [-0.2, -0.15) is 0 Å². The average molecular weight is 198 g/mol. The molecule has 0 radical (unpaired) electrons. The van der Waals surface area contributed by atoms with Crippen molar-refractivity contribution in [3.8, 4) is 0 Å². The van der Waals surface area contributed by atoms with E-state index >= 15 is 0 Å². The van der Waals surface area contributed by atoms with E-state index in [1.807, 2.05) is 13.8 Å². The Bertz CT molecular complexity index is 194. The third-order valence-corrected chi connectivity index (χ3v) is 2.17. The van der Waals surface area contributed by atoms with Crippen molar-refractivity contribution in [2.75, 3.05) is 0 Å². The monoisotopic (exact) mass is 198 g/mol. The fourth-order valence-electron chi connectivity index (χ4n) is 1.04. The zero-order valence-corrected chi connectivity index (χ0v) is 9.80. The van der Waals surface area contributed by atoms with Gasteiger partial charge in [0, 0.05) is 5.57 Å². The zero-order chi connectivity index (χ0) is 11.1. The second-order valence-electron chi connectivity index (χ2n) is 4.14. The van der Waals surface area contributed by atoms with Crippen LogP contribution in [0.2, 0.25) is 0 Å². The van der Waals surface area contributed by atoms with Crippen LogP contribution in [0.1, 0.15) is 47.0 Å². The highest BCUT2D eigenvalue weighted by molar-refractivity contribution is 5.87. The summed E-state index contributed by atoms with van der Waals surface area (Å²) in [6, 6.07) is 0. The number of carbonyl (C=O) groups is 1. The van der Waals surface area contributed by atoms with Gasteiger partial charge in [-0.05, 0) is 32.1 Å². The molecule has 0 aliphatic heterocycles. The molecule has 0 spiro atoms. The molecule has 0 rings (SSSR count). The number of hydrogen-bond acceptors (Lipinski definition) is 2. The van der Waals surface area contributed by atoms with Crippen LogP contribution in [0.15, 0.2) is 12.2 Å². The minimum atomic E-state index is -0.247. The van der Waals surface area contributed by atoms with E-state index in [1.165, 1.54) is 0 Å². The Morgan fingerprint density at radius 3 is 2.29 bits per heavy atom. The normalized spacial score (nSPS) is 12.6. The highest BCUT2D eigenvalue weighted by Gasteiger charge is 2.11. The number of carbonyl (C=O) groups excluding carboxylic acids is 1. The summed E-state index contributed by atoms with van der Waals surface area (Å²) in [5.74, 6) is 0.411. The van der Waals surface area contributed by atoms with Gasteiger partial charge >= 0.3 is 5.97 Å². The lowest BCUT2D eigenvalue weighted by molar-refractivity contribution is -0.143. The highest BCUT2D eigenvalue weighted by atomic mass is 16.5. The molecule has 0 aromatic rings. The van der Waals surface area contributed by atoms with Crippen molar-refractivity contribution in [2.24, 2.45) is 5.92 Å². The molecule has 0 bridgehead atoms. The summed E-state index contributed by atoms with van der Waals surface area (Å²) in [5, 5.41) is 0. The van der Waals surface area contributed by atoms with Gasteiger partial charge in [0.1, 0.15) is 0 Å². The highest BCUT2D eigenvalue weighted by Crippen LogP contribution is 2.11. The molecule has 0 heterocycles. The summed E-state index contributed by atoms with van der Waals surface area (Å²) in [5.41, 5.74) is 0.557. The van der Waals surface area contributed by atoms with Gasteiger partial charge in [0.25, 0.3) is 0 Å². The van der Waals surface area contributed by atoms with Gasteiger partial charge in [-0.15, -0.1) is 0 Å². The van der Waals surface area contributed by atoms with Crippen LogP contribution in [-0.4, -0.2) is 12.1 Å². The third-order valence-electron chi connectivity index (χ3n) is 2.17. The van der Waals surface area contributed by atoms with Gasteiger partial charge in [-0.3, -0.25) is 0 Å². The fourth-order valence-corrected chi connectivity index (χ4v) is 1.04. The summed E-state index contributed by atoms with van der Waals surface area (Å²) in [7, 11) is 0. The van der Waals surface area contributed by atoms with Gasteiger partial charge in [-0.25, -0.2) is 4.79 Å². The minimum absolute atomic E-state index is 0.00759. The summed E-state index contributed by atoms with van der Waals surface area (Å²) in [6.45, 7) is 11.8. The predicted octanol–water partition coefficient (Wildman–Crippen LogP) is 3.32. The van der Waals surface area contributed by atoms with Crippen molar-refractivity contribution in [1.29, 1.82) is 0 Å². The molecule has 0 saturated carbocycles. The predicted molar refractivity (Wildman–Crippen MR) is 59.1 cm³/mol. The first-order valence-corrected chi connectivity index (χ1v) is 5.36. The first-order chi connectivity index (χ1) is 6.47. The molecule has 14 heavy (non-hydrogen) atoms. The van der Waals surface area contributed by atoms with Crippen LogP contribution in [0.4, 0.5) is 0 Å². The van der Waals surface area contributed by atoms with E-state index in [9.17, 15) is 4.79 Å². The molecule has 1 unspecified atom stereocenters.